The molecule has 1 aromatic carbocycles. The average molecular weight is 217 g/mol. The van der Waals surface area contributed by atoms with Crippen molar-refractivity contribution in [3.63, 3.8) is 0 Å². The minimum atomic E-state index is 0.630. The van der Waals surface area contributed by atoms with Crippen LogP contribution in [0.25, 0.3) is 0 Å². The zero-order chi connectivity index (χ0) is 11.7. The van der Waals surface area contributed by atoms with Crippen LogP contribution in [0.1, 0.15) is 55.3 Å². The largest absolute Gasteiger partial charge is 0.302 e. The zero-order valence-corrected chi connectivity index (χ0v) is 11.0. The van der Waals surface area contributed by atoms with Crippen molar-refractivity contribution in [3.05, 3.63) is 34.9 Å². The minimum absolute atomic E-state index is 0.630. The Labute approximate surface area is 99.5 Å². The van der Waals surface area contributed by atoms with Crippen molar-refractivity contribution in [2.75, 3.05) is 14.1 Å². The molecule has 1 unspecified atom stereocenters. The van der Waals surface area contributed by atoms with Gasteiger partial charge in [0.1, 0.15) is 0 Å². The Bertz CT molecular complexity index is 366. The Morgan fingerprint density at radius 2 is 2.00 bits per heavy atom. The Morgan fingerprint density at radius 3 is 2.62 bits per heavy atom. The zero-order valence-electron chi connectivity index (χ0n) is 11.0. The topological polar surface area (TPSA) is 3.24 Å². The van der Waals surface area contributed by atoms with Crippen molar-refractivity contribution < 1.29 is 0 Å². The molecule has 1 atom stereocenters. The van der Waals surface area contributed by atoms with E-state index in [9.17, 15) is 0 Å². The Kier molecular flexibility index (Phi) is 3.34. The molecule has 1 aliphatic carbocycles. The van der Waals surface area contributed by atoms with E-state index in [1.54, 1.807) is 11.1 Å². The molecule has 0 N–H and O–H groups in total. The molecule has 1 aromatic rings. The van der Waals surface area contributed by atoms with Crippen LogP contribution in [0.3, 0.4) is 0 Å². The summed E-state index contributed by atoms with van der Waals surface area (Å²) >= 11 is 0. The molecule has 0 saturated carbocycles. The maximum Gasteiger partial charge on any atom is 0.0344 e. The summed E-state index contributed by atoms with van der Waals surface area (Å²) in [4.78, 5) is 2.35. The molecule has 0 spiro atoms. The van der Waals surface area contributed by atoms with Gasteiger partial charge in [-0.3, -0.25) is 0 Å². The number of rotatable bonds is 2. The monoisotopic (exact) mass is 217 g/mol. The first-order valence-corrected chi connectivity index (χ1v) is 6.38. The average Bonchev–Trinajstić information content (AvgIpc) is 2.27. The van der Waals surface area contributed by atoms with Crippen molar-refractivity contribution in [1.82, 2.24) is 4.90 Å². The summed E-state index contributed by atoms with van der Waals surface area (Å²) in [6.07, 6.45) is 3.90. The second-order valence-electron chi connectivity index (χ2n) is 5.48. The smallest absolute Gasteiger partial charge is 0.0344 e. The van der Waals surface area contributed by atoms with Crippen molar-refractivity contribution in [1.29, 1.82) is 0 Å². The van der Waals surface area contributed by atoms with Crippen LogP contribution in [0.4, 0.5) is 0 Å². The molecule has 88 valence electrons. The minimum Gasteiger partial charge on any atom is -0.302 e. The third kappa shape index (κ3) is 2.15. The number of nitrogens with zero attached hydrogens (tertiary/aromatic N) is 1. The number of benzene rings is 1. The van der Waals surface area contributed by atoms with Gasteiger partial charge in [-0.15, -0.1) is 0 Å². The Balaban J connectivity index is 2.37. The van der Waals surface area contributed by atoms with Gasteiger partial charge in [0.15, 0.2) is 0 Å². The molecule has 0 heterocycles. The van der Waals surface area contributed by atoms with Gasteiger partial charge in [-0.1, -0.05) is 32.0 Å². The predicted molar refractivity (Wildman–Crippen MR) is 69.9 cm³/mol. The third-order valence-electron chi connectivity index (χ3n) is 3.74. The highest BCUT2D eigenvalue weighted by atomic mass is 15.1. The van der Waals surface area contributed by atoms with Gasteiger partial charge in [0.25, 0.3) is 0 Å². The van der Waals surface area contributed by atoms with Crippen molar-refractivity contribution >= 4 is 0 Å². The fraction of sp³-hybridized carbons (Fsp3) is 0.600. The van der Waals surface area contributed by atoms with Crippen LogP contribution < -0.4 is 0 Å². The maximum absolute atomic E-state index is 2.43. The third-order valence-corrected chi connectivity index (χ3v) is 3.74. The van der Waals surface area contributed by atoms with Crippen LogP contribution in [0.5, 0.6) is 0 Å². The second kappa shape index (κ2) is 4.58. The van der Waals surface area contributed by atoms with Crippen molar-refractivity contribution in [3.8, 4) is 0 Å². The van der Waals surface area contributed by atoms with E-state index < -0.39 is 0 Å². The summed E-state index contributed by atoms with van der Waals surface area (Å²) in [5, 5.41) is 0. The lowest BCUT2D eigenvalue weighted by Crippen LogP contribution is -2.24. The normalized spacial score (nSPS) is 20.2. The summed E-state index contributed by atoms with van der Waals surface area (Å²) in [7, 11) is 4.38. The molecule has 0 bridgehead atoms. The molecule has 0 aromatic heterocycles. The molecule has 2 rings (SSSR count). The Hall–Kier alpha value is -0.820. The molecule has 0 radical (unpaired) electrons. The molecule has 0 saturated heterocycles. The van der Waals surface area contributed by atoms with Crippen LogP contribution in [-0.4, -0.2) is 19.0 Å². The van der Waals surface area contributed by atoms with E-state index in [0.29, 0.717) is 12.0 Å². The molecule has 1 aliphatic rings. The number of aryl methyl sites for hydroxylation is 1. The lowest BCUT2D eigenvalue weighted by molar-refractivity contribution is 0.268. The van der Waals surface area contributed by atoms with Gasteiger partial charge in [-0.2, -0.15) is 0 Å². The second-order valence-corrected chi connectivity index (χ2v) is 5.48. The maximum atomic E-state index is 2.43. The van der Waals surface area contributed by atoms with Crippen molar-refractivity contribution in [2.24, 2.45) is 0 Å². The molecule has 0 aliphatic heterocycles. The van der Waals surface area contributed by atoms with Gasteiger partial charge < -0.3 is 4.90 Å². The van der Waals surface area contributed by atoms with E-state index >= 15 is 0 Å². The summed E-state index contributed by atoms with van der Waals surface area (Å²) in [5.74, 6) is 0.644. The van der Waals surface area contributed by atoms with E-state index in [1.165, 1.54) is 24.8 Å². The van der Waals surface area contributed by atoms with Crippen LogP contribution >= 0.6 is 0 Å². The van der Waals surface area contributed by atoms with Gasteiger partial charge >= 0.3 is 0 Å². The highest BCUT2D eigenvalue weighted by molar-refractivity contribution is 5.37. The number of fused-ring (bicyclic) bond motifs is 1. The lowest BCUT2D eigenvalue weighted by Gasteiger charge is -2.31. The molecular formula is C15H23N. The van der Waals surface area contributed by atoms with Gasteiger partial charge in [-0.25, -0.2) is 0 Å². The Morgan fingerprint density at radius 1 is 1.25 bits per heavy atom. The van der Waals surface area contributed by atoms with E-state index in [2.05, 4.69) is 51.0 Å². The van der Waals surface area contributed by atoms with Crippen LogP contribution in [0.2, 0.25) is 0 Å². The molecule has 16 heavy (non-hydrogen) atoms. The van der Waals surface area contributed by atoms with Gasteiger partial charge in [0.05, 0.1) is 0 Å². The molecule has 0 fully saturated rings. The summed E-state index contributed by atoms with van der Waals surface area (Å²) in [6.45, 7) is 4.54. The van der Waals surface area contributed by atoms with E-state index in [4.69, 9.17) is 0 Å². The van der Waals surface area contributed by atoms with Crippen LogP contribution in [-0.2, 0) is 6.42 Å². The van der Waals surface area contributed by atoms with E-state index in [-0.39, 0.29) is 0 Å². The van der Waals surface area contributed by atoms with Gasteiger partial charge in [-0.05, 0) is 56.0 Å². The van der Waals surface area contributed by atoms with Crippen LogP contribution in [0.15, 0.2) is 18.2 Å². The molecular weight excluding hydrogens is 194 g/mol. The van der Waals surface area contributed by atoms with E-state index in [0.717, 1.165) is 0 Å². The first-order chi connectivity index (χ1) is 7.59. The summed E-state index contributed by atoms with van der Waals surface area (Å²) < 4.78 is 0. The molecule has 1 nitrogen and oxygen atoms in total. The molecule has 1 heteroatoms. The standard InChI is InChI=1S/C15H23N/c1-11(2)12-8-9-14-13(10-12)6-5-7-15(14)16(3)4/h8-11,15H,5-7H2,1-4H3. The summed E-state index contributed by atoms with van der Waals surface area (Å²) in [6, 6.07) is 7.72. The van der Waals surface area contributed by atoms with Crippen molar-refractivity contribution in [2.45, 2.75) is 45.1 Å². The summed E-state index contributed by atoms with van der Waals surface area (Å²) in [5.41, 5.74) is 4.62. The van der Waals surface area contributed by atoms with Crippen LogP contribution in [0, 0.1) is 0 Å². The SMILES string of the molecule is CC(C)c1ccc2c(c1)CCCC2N(C)C. The van der Waals surface area contributed by atoms with Gasteiger partial charge in [0, 0.05) is 6.04 Å². The number of hydrogen-bond donors (Lipinski definition) is 0. The van der Waals surface area contributed by atoms with Gasteiger partial charge in [0.2, 0.25) is 0 Å². The first kappa shape index (κ1) is 11.7. The fourth-order valence-electron chi connectivity index (χ4n) is 2.70. The predicted octanol–water partition coefficient (Wildman–Crippen LogP) is 3.75. The van der Waals surface area contributed by atoms with E-state index in [1.807, 2.05) is 0 Å². The first-order valence-electron chi connectivity index (χ1n) is 6.38. The highest BCUT2D eigenvalue weighted by Crippen LogP contribution is 2.34. The number of hydrogen-bond acceptors (Lipinski definition) is 1. The molecule has 0 amide bonds. The fourth-order valence-corrected chi connectivity index (χ4v) is 2.70. The quantitative estimate of drug-likeness (QED) is 0.729. The highest BCUT2D eigenvalue weighted by Gasteiger charge is 2.21. The lowest BCUT2D eigenvalue weighted by atomic mass is 9.85.